The van der Waals surface area contributed by atoms with Crippen LogP contribution in [0.4, 0.5) is 0 Å². The fourth-order valence-electron chi connectivity index (χ4n) is 1.13. The van der Waals surface area contributed by atoms with Crippen molar-refractivity contribution in [2.24, 2.45) is 0 Å². The molecule has 0 bridgehead atoms. The van der Waals surface area contributed by atoms with Crippen LogP contribution in [0.15, 0.2) is 48.5 Å². The standard InChI is InChI=1S/C10H8.4CH4O/c1-2-6-10-8-4-3-7-9(10)5-1;4*1-2/h1-8H;4*2H,1H3. The van der Waals surface area contributed by atoms with Crippen LogP contribution >= 0.6 is 0 Å². The zero-order chi connectivity index (χ0) is 14.8. The Morgan fingerprint density at radius 3 is 0.778 bits per heavy atom. The van der Waals surface area contributed by atoms with Crippen molar-refractivity contribution in [1.82, 2.24) is 0 Å². The van der Waals surface area contributed by atoms with Gasteiger partial charge in [-0.05, 0) is 10.8 Å². The van der Waals surface area contributed by atoms with Crippen LogP contribution in [0.3, 0.4) is 0 Å². The number of aliphatic hydroxyl groups is 4. The summed E-state index contributed by atoms with van der Waals surface area (Å²) in [5, 5.41) is 30.6. The third kappa shape index (κ3) is 9.74. The van der Waals surface area contributed by atoms with Gasteiger partial charge in [-0.2, -0.15) is 0 Å². The molecule has 0 saturated carbocycles. The summed E-state index contributed by atoms with van der Waals surface area (Å²) >= 11 is 0. The molecule has 0 unspecified atom stereocenters. The van der Waals surface area contributed by atoms with E-state index in [0.29, 0.717) is 0 Å². The second kappa shape index (κ2) is 20.9. The molecule has 0 radical (unpaired) electrons. The van der Waals surface area contributed by atoms with Gasteiger partial charge >= 0.3 is 0 Å². The van der Waals surface area contributed by atoms with Crippen molar-refractivity contribution in [3.8, 4) is 0 Å². The molecule has 104 valence electrons. The molecule has 0 saturated heterocycles. The van der Waals surface area contributed by atoms with E-state index >= 15 is 0 Å². The number of hydrogen-bond acceptors (Lipinski definition) is 4. The lowest BCUT2D eigenvalue weighted by Crippen LogP contribution is -1.67. The summed E-state index contributed by atoms with van der Waals surface area (Å²) in [5.74, 6) is 0. The van der Waals surface area contributed by atoms with Crippen LogP contribution in [-0.2, 0) is 0 Å². The third-order valence-electron chi connectivity index (χ3n) is 1.66. The van der Waals surface area contributed by atoms with Gasteiger partial charge in [0.2, 0.25) is 0 Å². The van der Waals surface area contributed by atoms with E-state index in [9.17, 15) is 0 Å². The molecule has 0 aliphatic heterocycles. The van der Waals surface area contributed by atoms with Gasteiger partial charge in [-0.3, -0.25) is 0 Å². The van der Waals surface area contributed by atoms with Crippen LogP contribution in [0.2, 0.25) is 0 Å². The number of rotatable bonds is 0. The molecule has 0 fully saturated rings. The largest absolute Gasteiger partial charge is 0.400 e. The maximum Gasteiger partial charge on any atom is 0.0319 e. The average molecular weight is 256 g/mol. The Kier molecular flexibility index (Phi) is 25.3. The van der Waals surface area contributed by atoms with Crippen LogP contribution in [0.5, 0.6) is 0 Å². The average Bonchev–Trinajstić information content (AvgIpc) is 2.55. The first-order valence-corrected chi connectivity index (χ1v) is 5.19. The van der Waals surface area contributed by atoms with Crippen molar-refractivity contribution in [2.45, 2.75) is 0 Å². The SMILES string of the molecule is CO.CO.CO.CO.c1ccc2ccccc2c1. The molecule has 0 spiro atoms. The van der Waals surface area contributed by atoms with Crippen molar-refractivity contribution < 1.29 is 20.4 Å². The maximum atomic E-state index is 7.00. The molecule has 2 rings (SSSR count). The summed E-state index contributed by atoms with van der Waals surface area (Å²) in [6.07, 6.45) is 0. The summed E-state index contributed by atoms with van der Waals surface area (Å²) in [4.78, 5) is 0. The topological polar surface area (TPSA) is 80.9 Å². The van der Waals surface area contributed by atoms with Crippen LogP contribution in [0, 0.1) is 0 Å². The lowest BCUT2D eigenvalue weighted by molar-refractivity contribution is 0.399. The van der Waals surface area contributed by atoms with Gasteiger partial charge < -0.3 is 20.4 Å². The van der Waals surface area contributed by atoms with E-state index in [-0.39, 0.29) is 0 Å². The van der Waals surface area contributed by atoms with E-state index in [0.717, 1.165) is 28.4 Å². The van der Waals surface area contributed by atoms with Crippen molar-refractivity contribution in [2.75, 3.05) is 28.4 Å². The Hall–Kier alpha value is -1.46. The lowest BCUT2D eigenvalue weighted by Gasteiger charge is -1.92. The quantitative estimate of drug-likeness (QED) is 0.572. The van der Waals surface area contributed by atoms with Gasteiger partial charge in [-0.1, -0.05) is 48.5 Å². The molecule has 4 nitrogen and oxygen atoms in total. The van der Waals surface area contributed by atoms with Crippen molar-refractivity contribution >= 4 is 10.8 Å². The molecule has 0 aliphatic carbocycles. The Labute approximate surface area is 109 Å². The highest BCUT2D eigenvalue weighted by atomic mass is 16.2. The number of fused-ring (bicyclic) bond motifs is 1. The minimum absolute atomic E-state index is 1.00. The second-order valence-corrected chi connectivity index (χ2v) is 2.35. The molecular weight excluding hydrogens is 232 g/mol. The van der Waals surface area contributed by atoms with Crippen LogP contribution in [0.1, 0.15) is 0 Å². The summed E-state index contributed by atoms with van der Waals surface area (Å²) in [5.41, 5.74) is 0. The summed E-state index contributed by atoms with van der Waals surface area (Å²) < 4.78 is 0. The van der Waals surface area contributed by atoms with Gasteiger partial charge in [0, 0.05) is 28.4 Å². The Morgan fingerprint density at radius 2 is 0.611 bits per heavy atom. The minimum atomic E-state index is 1.00. The molecule has 0 aliphatic rings. The number of hydrogen-bond donors (Lipinski definition) is 4. The van der Waals surface area contributed by atoms with Gasteiger partial charge in [0.05, 0.1) is 0 Å². The molecule has 4 heteroatoms. The first kappa shape index (κ1) is 21.8. The molecule has 0 atom stereocenters. The van der Waals surface area contributed by atoms with E-state index < -0.39 is 0 Å². The third-order valence-corrected chi connectivity index (χ3v) is 1.66. The second-order valence-electron chi connectivity index (χ2n) is 2.35. The Bertz CT molecular complexity index is 285. The molecule has 4 N–H and O–H groups in total. The van der Waals surface area contributed by atoms with Crippen molar-refractivity contribution in [3.63, 3.8) is 0 Å². The molecule has 18 heavy (non-hydrogen) atoms. The van der Waals surface area contributed by atoms with Crippen LogP contribution in [0.25, 0.3) is 10.8 Å². The van der Waals surface area contributed by atoms with Crippen LogP contribution < -0.4 is 0 Å². The van der Waals surface area contributed by atoms with E-state index in [1.54, 1.807) is 0 Å². The first-order chi connectivity index (χ1) is 8.97. The highest BCUT2D eigenvalue weighted by molar-refractivity contribution is 5.81. The van der Waals surface area contributed by atoms with Crippen molar-refractivity contribution in [1.29, 1.82) is 0 Å². The van der Waals surface area contributed by atoms with E-state index in [4.69, 9.17) is 20.4 Å². The molecule has 0 amide bonds. The highest BCUT2D eigenvalue weighted by Gasteiger charge is 1.85. The fraction of sp³-hybridized carbons (Fsp3) is 0.286. The predicted molar refractivity (Wildman–Crippen MR) is 76.5 cm³/mol. The smallest absolute Gasteiger partial charge is 0.0319 e. The Morgan fingerprint density at radius 1 is 0.444 bits per heavy atom. The predicted octanol–water partition coefficient (Wildman–Crippen LogP) is 1.27. The molecule has 2 aromatic carbocycles. The van der Waals surface area contributed by atoms with E-state index in [2.05, 4.69) is 48.5 Å². The van der Waals surface area contributed by atoms with E-state index in [1.165, 1.54) is 10.8 Å². The van der Waals surface area contributed by atoms with Gasteiger partial charge in [0.25, 0.3) is 0 Å². The number of aliphatic hydroxyl groups excluding tert-OH is 4. The maximum absolute atomic E-state index is 7.00. The normalized spacial score (nSPS) is 6.89. The fourth-order valence-corrected chi connectivity index (χ4v) is 1.13. The van der Waals surface area contributed by atoms with Crippen molar-refractivity contribution in [3.05, 3.63) is 48.5 Å². The molecular formula is C14H24O4. The summed E-state index contributed by atoms with van der Waals surface area (Å²) in [6, 6.07) is 16.7. The van der Waals surface area contributed by atoms with Gasteiger partial charge in [0.15, 0.2) is 0 Å². The molecule has 0 heterocycles. The number of benzene rings is 2. The van der Waals surface area contributed by atoms with Gasteiger partial charge in [-0.25, -0.2) is 0 Å². The molecule has 2 aromatic rings. The highest BCUT2D eigenvalue weighted by Crippen LogP contribution is 2.11. The first-order valence-electron chi connectivity index (χ1n) is 5.19. The zero-order valence-electron chi connectivity index (χ0n) is 11.4. The summed E-state index contributed by atoms with van der Waals surface area (Å²) in [6.45, 7) is 0. The summed E-state index contributed by atoms with van der Waals surface area (Å²) in [7, 11) is 4.00. The zero-order valence-corrected chi connectivity index (χ0v) is 11.4. The van der Waals surface area contributed by atoms with Gasteiger partial charge in [0.1, 0.15) is 0 Å². The van der Waals surface area contributed by atoms with E-state index in [1.807, 2.05) is 0 Å². The van der Waals surface area contributed by atoms with Crippen LogP contribution in [-0.4, -0.2) is 48.9 Å². The van der Waals surface area contributed by atoms with Gasteiger partial charge in [-0.15, -0.1) is 0 Å². The minimum Gasteiger partial charge on any atom is -0.400 e. The Balaban J connectivity index is -0.000000244. The monoisotopic (exact) mass is 256 g/mol. The lowest BCUT2D eigenvalue weighted by atomic mass is 10.1. The molecule has 0 aromatic heterocycles.